The second-order valence-electron chi connectivity index (χ2n) is 6.95. The number of pyridine rings is 1. The van der Waals surface area contributed by atoms with E-state index in [0.717, 1.165) is 4.57 Å². The molecule has 1 amide bonds. The van der Waals surface area contributed by atoms with Crippen molar-refractivity contribution in [3.05, 3.63) is 64.8 Å². The van der Waals surface area contributed by atoms with Crippen LogP contribution in [0.1, 0.15) is 26.3 Å². The van der Waals surface area contributed by atoms with Crippen LogP contribution in [0.4, 0.5) is 5.69 Å². The predicted molar refractivity (Wildman–Crippen MR) is 97.8 cm³/mol. The lowest BCUT2D eigenvalue weighted by Crippen LogP contribution is -2.25. The molecule has 0 saturated heterocycles. The Morgan fingerprint density at radius 1 is 1.15 bits per heavy atom. The van der Waals surface area contributed by atoms with E-state index in [4.69, 9.17) is 4.52 Å². The van der Waals surface area contributed by atoms with Crippen molar-refractivity contribution in [1.82, 2.24) is 14.7 Å². The summed E-state index contributed by atoms with van der Waals surface area (Å²) >= 11 is 0. The van der Waals surface area contributed by atoms with Crippen molar-refractivity contribution in [3.63, 3.8) is 0 Å². The third kappa shape index (κ3) is 3.88. The van der Waals surface area contributed by atoms with Crippen LogP contribution in [-0.2, 0) is 16.8 Å². The van der Waals surface area contributed by atoms with Gasteiger partial charge in [-0.05, 0) is 35.2 Å². The standard InChI is InChI=1S/C19H20N4O3/c1-19(2,3)13-7-9-14(10-8-13)21-16(24)12-23-17(22-26-18(23)25)15-6-4-5-11-20-15/h4-11H,12H2,1-3H3,(H,21,24). The SMILES string of the molecule is CC(C)(C)c1ccc(NC(=O)Cn2c(-c3ccccn3)noc2=O)cc1. The molecular formula is C19H20N4O3. The lowest BCUT2D eigenvalue weighted by Gasteiger charge is -2.19. The molecular weight excluding hydrogens is 332 g/mol. The highest BCUT2D eigenvalue weighted by molar-refractivity contribution is 5.90. The summed E-state index contributed by atoms with van der Waals surface area (Å²) in [6.45, 7) is 6.16. The van der Waals surface area contributed by atoms with Crippen LogP contribution < -0.4 is 11.1 Å². The summed E-state index contributed by atoms with van der Waals surface area (Å²) in [4.78, 5) is 28.4. The second kappa shape index (κ2) is 6.95. The number of hydrogen-bond donors (Lipinski definition) is 1. The number of aromatic nitrogens is 3. The Bertz CT molecular complexity index is 951. The molecule has 7 nitrogen and oxygen atoms in total. The number of nitrogens with one attached hydrogen (secondary N) is 1. The first-order chi connectivity index (χ1) is 12.3. The van der Waals surface area contributed by atoms with Gasteiger partial charge in [-0.3, -0.25) is 14.3 Å². The fourth-order valence-corrected chi connectivity index (χ4v) is 2.48. The van der Waals surface area contributed by atoms with Crippen LogP contribution in [0.3, 0.4) is 0 Å². The van der Waals surface area contributed by atoms with Crippen LogP contribution in [0.2, 0.25) is 0 Å². The molecule has 3 rings (SSSR count). The molecule has 0 atom stereocenters. The van der Waals surface area contributed by atoms with Gasteiger partial charge in [0, 0.05) is 11.9 Å². The summed E-state index contributed by atoms with van der Waals surface area (Å²) in [5.74, 6) is -0.839. The molecule has 1 aromatic carbocycles. The fourth-order valence-electron chi connectivity index (χ4n) is 2.48. The Hall–Kier alpha value is -3.22. The molecule has 2 aromatic heterocycles. The smallest absolute Gasteiger partial charge is 0.325 e. The molecule has 0 aliphatic rings. The molecule has 0 radical (unpaired) electrons. The van der Waals surface area contributed by atoms with Crippen molar-refractivity contribution in [3.8, 4) is 11.5 Å². The average Bonchev–Trinajstić information content (AvgIpc) is 2.96. The minimum Gasteiger partial charge on any atom is -0.325 e. The van der Waals surface area contributed by atoms with E-state index >= 15 is 0 Å². The molecule has 134 valence electrons. The highest BCUT2D eigenvalue weighted by atomic mass is 16.5. The first-order valence-corrected chi connectivity index (χ1v) is 8.23. The predicted octanol–water partition coefficient (Wildman–Crippen LogP) is 2.83. The van der Waals surface area contributed by atoms with Gasteiger partial charge in [-0.25, -0.2) is 9.36 Å². The van der Waals surface area contributed by atoms with Crippen LogP contribution in [-0.4, -0.2) is 20.6 Å². The molecule has 0 aliphatic carbocycles. The Kier molecular flexibility index (Phi) is 4.71. The van der Waals surface area contributed by atoms with Crippen molar-refractivity contribution in [2.75, 3.05) is 5.32 Å². The highest BCUT2D eigenvalue weighted by Crippen LogP contribution is 2.23. The van der Waals surface area contributed by atoms with E-state index in [1.165, 1.54) is 5.56 Å². The molecule has 0 spiro atoms. The maximum atomic E-state index is 12.3. The van der Waals surface area contributed by atoms with Crippen molar-refractivity contribution in [1.29, 1.82) is 0 Å². The molecule has 3 aromatic rings. The lowest BCUT2D eigenvalue weighted by molar-refractivity contribution is -0.116. The number of nitrogens with zero attached hydrogens (tertiary/aromatic N) is 3. The van der Waals surface area contributed by atoms with Gasteiger partial charge in [0.15, 0.2) is 0 Å². The van der Waals surface area contributed by atoms with E-state index in [1.807, 2.05) is 24.3 Å². The zero-order valence-electron chi connectivity index (χ0n) is 14.9. The van der Waals surface area contributed by atoms with E-state index in [-0.39, 0.29) is 23.7 Å². The summed E-state index contributed by atoms with van der Waals surface area (Å²) in [5.41, 5.74) is 2.33. The van der Waals surface area contributed by atoms with Gasteiger partial charge in [-0.15, -0.1) is 0 Å². The largest absolute Gasteiger partial charge is 0.442 e. The van der Waals surface area contributed by atoms with Crippen LogP contribution in [0, 0.1) is 0 Å². The number of benzene rings is 1. The third-order valence-corrected chi connectivity index (χ3v) is 3.92. The minimum atomic E-state index is -0.705. The quantitative estimate of drug-likeness (QED) is 0.780. The molecule has 0 bridgehead atoms. The summed E-state index contributed by atoms with van der Waals surface area (Å²) in [6, 6.07) is 12.8. The summed E-state index contributed by atoms with van der Waals surface area (Å²) in [6.07, 6.45) is 1.58. The van der Waals surface area contributed by atoms with Gasteiger partial charge in [0.25, 0.3) is 0 Å². The Morgan fingerprint density at radius 2 is 1.88 bits per heavy atom. The zero-order valence-corrected chi connectivity index (χ0v) is 14.9. The van der Waals surface area contributed by atoms with Crippen LogP contribution >= 0.6 is 0 Å². The maximum absolute atomic E-state index is 12.3. The van der Waals surface area contributed by atoms with Gasteiger partial charge in [0.2, 0.25) is 11.7 Å². The summed E-state index contributed by atoms with van der Waals surface area (Å²) in [7, 11) is 0. The van der Waals surface area contributed by atoms with Gasteiger partial charge >= 0.3 is 5.76 Å². The fraction of sp³-hybridized carbons (Fsp3) is 0.263. The van der Waals surface area contributed by atoms with Gasteiger partial charge in [-0.2, -0.15) is 0 Å². The summed E-state index contributed by atoms with van der Waals surface area (Å²) < 4.78 is 5.85. The van der Waals surface area contributed by atoms with E-state index in [2.05, 4.69) is 36.2 Å². The van der Waals surface area contributed by atoms with E-state index in [0.29, 0.717) is 11.4 Å². The molecule has 0 unspecified atom stereocenters. The van der Waals surface area contributed by atoms with Crippen LogP contribution in [0.25, 0.3) is 11.5 Å². The molecule has 0 fully saturated rings. The van der Waals surface area contributed by atoms with Gasteiger partial charge in [-0.1, -0.05) is 44.1 Å². The highest BCUT2D eigenvalue weighted by Gasteiger charge is 2.17. The van der Waals surface area contributed by atoms with E-state index < -0.39 is 5.76 Å². The topological polar surface area (TPSA) is 90.0 Å². The van der Waals surface area contributed by atoms with Crippen molar-refractivity contribution in [2.24, 2.45) is 0 Å². The Balaban J connectivity index is 1.75. The van der Waals surface area contributed by atoms with Crippen molar-refractivity contribution >= 4 is 11.6 Å². The maximum Gasteiger partial charge on any atom is 0.442 e. The zero-order chi connectivity index (χ0) is 18.7. The monoisotopic (exact) mass is 352 g/mol. The number of anilines is 1. The van der Waals surface area contributed by atoms with Crippen LogP contribution in [0.15, 0.2) is 58.0 Å². The number of carbonyl (C=O) groups excluding carboxylic acids is 1. The van der Waals surface area contributed by atoms with E-state index in [9.17, 15) is 9.59 Å². The number of hydrogen-bond acceptors (Lipinski definition) is 5. The average molecular weight is 352 g/mol. The van der Waals surface area contributed by atoms with Crippen molar-refractivity contribution in [2.45, 2.75) is 32.7 Å². The van der Waals surface area contributed by atoms with Crippen molar-refractivity contribution < 1.29 is 9.32 Å². The normalized spacial score (nSPS) is 11.3. The third-order valence-electron chi connectivity index (χ3n) is 3.92. The lowest BCUT2D eigenvalue weighted by atomic mass is 9.87. The Labute approximate surface area is 150 Å². The molecule has 2 heterocycles. The number of amides is 1. The molecule has 26 heavy (non-hydrogen) atoms. The molecule has 0 aliphatic heterocycles. The molecule has 0 saturated carbocycles. The molecule has 1 N–H and O–H groups in total. The van der Waals surface area contributed by atoms with E-state index in [1.54, 1.807) is 24.4 Å². The number of carbonyl (C=O) groups is 1. The van der Waals surface area contributed by atoms with Gasteiger partial charge in [0.1, 0.15) is 12.2 Å². The molecule has 7 heteroatoms. The first-order valence-electron chi connectivity index (χ1n) is 8.23. The minimum absolute atomic E-state index is 0.0376. The summed E-state index contributed by atoms with van der Waals surface area (Å²) in [5, 5.41) is 6.49. The Morgan fingerprint density at radius 3 is 2.50 bits per heavy atom. The number of rotatable bonds is 4. The second-order valence-corrected chi connectivity index (χ2v) is 6.95. The van der Waals surface area contributed by atoms with Gasteiger partial charge < -0.3 is 5.32 Å². The van der Waals surface area contributed by atoms with Gasteiger partial charge in [0.05, 0.1) is 0 Å². The van der Waals surface area contributed by atoms with Crippen LogP contribution in [0.5, 0.6) is 0 Å². The first kappa shape index (κ1) is 17.6.